The zero-order valence-electron chi connectivity index (χ0n) is 16.5. The predicted octanol–water partition coefficient (Wildman–Crippen LogP) is 4.37. The number of carbonyl (C=O) groups excluding carboxylic acids is 1. The van der Waals surface area contributed by atoms with Gasteiger partial charge >= 0.3 is 5.18 Å². The molecule has 2 aliphatic carbocycles. The molecule has 0 saturated carbocycles. The fourth-order valence-electron chi connectivity index (χ4n) is 3.92. The Hall–Kier alpha value is -1.73. The number of carbonyl (C=O) groups is 1. The van der Waals surface area contributed by atoms with E-state index in [9.17, 15) is 4.79 Å². The fraction of sp³-hybridized carbons (Fsp3) is 0.619. The van der Waals surface area contributed by atoms with E-state index in [-0.39, 0.29) is 5.91 Å². The summed E-state index contributed by atoms with van der Waals surface area (Å²) in [6, 6.07) is 0. The van der Waals surface area contributed by atoms with E-state index in [1.54, 1.807) is 11.6 Å². The first kappa shape index (κ1) is 21.0. The molecule has 3 aliphatic rings. The molecule has 0 aromatic heterocycles. The van der Waals surface area contributed by atoms with Gasteiger partial charge in [-0.3, -0.25) is 10.5 Å². The first-order valence-corrected chi connectivity index (χ1v) is 11.4. The van der Waals surface area contributed by atoms with Crippen molar-refractivity contribution in [1.29, 1.82) is 0 Å². The molecule has 1 heterocycles. The minimum atomic E-state index is -1.13. The highest BCUT2D eigenvalue weighted by molar-refractivity contribution is 8.03. The summed E-state index contributed by atoms with van der Waals surface area (Å²) in [5, 5.41) is 10.4. The molecular formula is C21H32N4O2S. The lowest BCUT2D eigenvalue weighted by molar-refractivity contribution is -0.114. The van der Waals surface area contributed by atoms with E-state index in [1.807, 2.05) is 0 Å². The van der Waals surface area contributed by atoms with E-state index < -0.39 is 5.18 Å². The number of nitrogens with zero attached hydrogens (tertiary/aromatic N) is 1. The molecule has 0 saturated heterocycles. The molecule has 0 spiro atoms. The molecule has 1 aliphatic heterocycles. The molecule has 0 bridgehead atoms. The Morgan fingerprint density at radius 3 is 2.68 bits per heavy atom. The van der Waals surface area contributed by atoms with E-state index >= 15 is 0 Å². The summed E-state index contributed by atoms with van der Waals surface area (Å²) >= 11 is 1.26. The van der Waals surface area contributed by atoms with Gasteiger partial charge in [0.2, 0.25) is 0 Å². The Morgan fingerprint density at radius 1 is 1.14 bits per heavy atom. The van der Waals surface area contributed by atoms with Crippen LogP contribution >= 0.6 is 11.8 Å². The molecular weight excluding hydrogens is 372 g/mol. The van der Waals surface area contributed by atoms with Crippen LogP contribution in [0.4, 0.5) is 0 Å². The predicted molar refractivity (Wildman–Crippen MR) is 115 cm³/mol. The minimum Gasteiger partial charge on any atom is -0.340 e. The summed E-state index contributed by atoms with van der Waals surface area (Å²) < 4.78 is 0. The first-order chi connectivity index (χ1) is 13.7. The molecule has 0 aromatic rings. The van der Waals surface area contributed by atoms with Crippen molar-refractivity contribution >= 4 is 23.9 Å². The molecule has 1 atom stereocenters. The van der Waals surface area contributed by atoms with Crippen LogP contribution in [-0.4, -0.2) is 17.3 Å². The largest absolute Gasteiger partial charge is 0.340 e. The molecule has 3 rings (SSSR count). The Bertz CT molecular complexity index is 661. The molecule has 0 fully saturated rings. The average molecular weight is 405 g/mol. The van der Waals surface area contributed by atoms with Crippen molar-refractivity contribution in [1.82, 2.24) is 10.6 Å². The van der Waals surface area contributed by atoms with E-state index in [0.29, 0.717) is 0 Å². The standard InChI is InChI=1S/C21H32N4O2S/c22-21(23-14-15-28-21)27-24-16-20(26)25-19-13-9-5-4-8-12-18(19)17-10-6-2-1-3-7-11-17/h10,14-16,23H,1-9,11-13,22H2,(H,25,26). The van der Waals surface area contributed by atoms with Crippen molar-refractivity contribution < 1.29 is 9.63 Å². The molecule has 7 heteroatoms. The van der Waals surface area contributed by atoms with Crippen molar-refractivity contribution in [2.75, 3.05) is 0 Å². The Labute approximate surface area is 172 Å². The molecule has 28 heavy (non-hydrogen) atoms. The second-order valence-electron chi connectivity index (χ2n) is 7.60. The molecule has 0 radical (unpaired) electrons. The van der Waals surface area contributed by atoms with Crippen LogP contribution < -0.4 is 16.4 Å². The lowest BCUT2D eigenvalue weighted by Crippen LogP contribution is -2.46. The second-order valence-corrected chi connectivity index (χ2v) is 8.72. The highest BCUT2D eigenvalue weighted by Crippen LogP contribution is 2.31. The van der Waals surface area contributed by atoms with Gasteiger partial charge in [-0.1, -0.05) is 36.9 Å². The van der Waals surface area contributed by atoms with Crippen molar-refractivity contribution in [2.45, 2.75) is 82.2 Å². The zero-order chi connectivity index (χ0) is 19.7. The quantitative estimate of drug-likeness (QED) is 0.360. The number of nitrogens with one attached hydrogen (secondary N) is 2. The highest BCUT2D eigenvalue weighted by atomic mass is 32.2. The van der Waals surface area contributed by atoms with Crippen LogP contribution in [0.1, 0.15) is 77.0 Å². The van der Waals surface area contributed by atoms with Crippen LogP contribution in [0.3, 0.4) is 0 Å². The third kappa shape index (κ3) is 6.41. The number of rotatable bonds is 5. The van der Waals surface area contributed by atoms with Crippen molar-refractivity contribution in [2.24, 2.45) is 10.9 Å². The van der Waals surface area contributed by atoms with E-state index in [4.69, 9.17) is 10.6 Å². The van der Waals surface area contributed by atoms with Crippen molar-refractivity contribution in [3.63, 3.8) is 0 Å². The van der Waals surface area contributed by atoms with Gasteiger partial charge in [-0.25, -0.2) is 0 Å². The molecule has 154 valence electrons. The summed E-state index contributed by atoms with van der Waals surface area (Å²) in [7, 11) is 0. The van der Waals surface area contributed by atoms with Crippen LogP contribution in [0.15, 0.2) is 39.7 Å². The van der Waals surface area contributed by atoms with Crippen LogP contribution in [0.2, 0.25) is 0 Å². The molecule has 4 N–H and O–H groups in total. The van der Waals surface area contributed by atoms with Gasteiger partial charge in [0.25, 0.3) is 5.91 Å². The summed E-state index contributed by atoms with van der Waals surface area (Å²) in [5.74, 6) is -0.265. The summed E-state index contributed by atoms with van der Waals surface area (Å²) in [4.78, 5) is 17.7. The second kappa shape index (κ2) is 10.7. The van der Waals surface area contributed by atoms with Crippen molar-refractivity contribution in [3.8, 4) is 0 Å². The molecule has 0 aromatic carbocycles. The van der Waals surface area contributed by atoms with E-state index in [2.05, 4.69) is 21.9 Å². The maximum absolute atomic E-state index is 12.5. The number of nitrogens with two attached hydrogens (primary N) is 1. The van der Waals surface area contributed by atoms with Crippen LogP contribution in [0.25, 0.3) is 0 Å². The molecule has 6 nitrogen and oxygen atoms in total. The Kier molecular flexibility index (Phi) is 8.03. The fourth-order valence-corrected chi connectivity index (χ4v) is 4.48. The van der Waals surface area contributed by atoms with E-state index in [1.165, 1.54) is 74.1 Å². The third-order valence-corrected chi connectivity index (χ3v) is 6.19. The average Bonchev–Trinajstić information content (AvgIpc) is 3.05. The summed E-state index contributed by atoms with van der Waals surface area (Å²) in [6.45, 7) is 0. The molecule has 1 amide bonds. The number of thioether (sulfide) groups is 1. The SMILES string of the molecule is NC1(ON=CC(=O)NC2=C(C3=CCCCCCC3)CCCCCC2)NC=CS1. The highest BCUT2D eigenvalue weighted by Gasteiger charge is 2.29. The maximum Gasteiger partial charge on any atom is 0.314 e. The number of oxime groups is 1. The van der Waals surface area contributed by atoms with Crippen molar-refractivity contribution in [3.05, 3.63) is 34.5 Å². The number of hydrogen-bond acceptors (Lipinski definition) is 6. The number of amides is 1. The van der Waals surface area contributed by atoms with Gasteiger partial charge in [0.1, 0.15) is 6.21 Å². The topological polar surface area (TPSA) is 88.7 Å². The number of allylic oxidation sites excluding steroid dienone is 4. The Balaban J connectivity index is 1.69. The van der Waals surface area contributed by atoms with Gasteiger partial charge in [0.05, 0.1) is 0 Å². The monoisotopic (exact) mass is 404 g/mol. The zero-order valence-corrected chi connectivity index (χ0v) is 17.4. The van der Waals surface area contributed by atoms with Gasteiger partial charge in [-0.2, -0.15) is 0 Å². The minimum absolute atomic E-state index is 0.265. The van der Waals surface area contributed by atoms with Gasteiger partial charge < -0.3 is 15.5 Å². The summed E-state index contributed by atoms with van der Waals surface area (Å²) in [6.07, 6.45) is 19.4. The van der Waals surface area contributed by atoms with Gasteiger partial charge in [-0.05, 0) is 79.7 Å². The maximum atomic E-state index is 12.5. The summed E-state index contributed by atoms with van der Waals surface area (Å²) in [5.41, 5.74) is 9.80. The Morgan fingerprint density at radius 2 is 1.89 bits per heavy atom. The van der Waals surface area contributed by atoms with E-state index in [0.717, 1.165) is 37.8 Å². The lowest BCUT2D eigenvalue weighted by atomic mass is 9.87. The molecule has 1 unspecified atom stereocenters. The van der Waals surface area contributed by atoms with Gasteiger partial charge in [0.15, 0.2) is 0 Å². The first-order valence-electron chi connectivity index (χ1n) is 10.5. The number of hydrogen-bond donors (Lipinski definition) is 3. The third-order valence-electron chi connectivity index (χ3n) is 5.37. The van der Waals surface area contributed by atoms with Crippen LogP contribution in [0, 0.1) is 0 Å². The normalized spacial score (nSPS) is 26.7. The smallest absolute Gasteiger partial charge is 0.314 e. The van der Waals surface area contributed by atoms with Crippen LogP contribution in [0.5, 0.6) is 0 Å². The lowest BCUT2D eigenvalue weighted by Gasteiger charge is -2.22. The van der Waals surface area contributed by atoms with Crippen LogP contribution in [-0.2, 0) is 9.63 Å². The van der Waals surface area contributed by atoms with Gasteiger partial charge in [0, 0.05) is 11.9 Å². The van der Waals surface area contributed by atoms with Gasteiger partial charge in [-0.15, -0.1) is 0 Å².